The van der Waals surface area contributed by atoms with Crippen molar-refractivity contribution in [3.8, 4) is 0 Å². The van der Waals surface area contributed by atoms with E-state index in [2.05, 4.69) is 5.32 Å². The number of carbonyl (C=O) groups is 1. The van der Waals surface area contributed by atoms with Crippen molar-refractivity contribution in [2.24, 2.45) is 0 Å². The molecular formula is C15H23NO3. The first-order valence-corrected chi connectivity index (χ1v) is 6.70. The first kappa shape index (κ1) is 15.7. The highest BCUT2D eigenvalue weighted by molar-refractivity contribution is 5.72. The van der Waals surface area contributed by atoms with Crippen molar-refractivity contribution in [3.05, 3.63) is 35.4 Å². The van der Waals surface area contributed by atoms with E-state index < -0.39 is 0 Å². The number of hydrogen-bond acceptors (Lipinski definition) is 4. The summed E-state index contributed by atoms with van der Waals surface area (Å²) in [6.45, 7) is 5.22. The summed E-state index contributed by atoms with van der Waals surface area (Å²) in [6.07, 6.45) is 1.32. The zero-order chi connectivity index (χ0) is 13.9. The molecule has 1 aromatic carbocycles. The van der Waals surface area contributed by atoms with Crippen molar-refractivity contribution in [1.29, 1.82) is 0 Å². The Hall–Kier alpha value is -1.39. The van der Waals surface area contributed by atoms with Crippen LogP contribution < -0.4 is 5.32 Å². The highest BCUT2D eigenvalue weighted by Gasteiger charge is 2.07. The molecule has 0 saturated heterocycles. The van der Waals surface area contributed by atoms with E-state index in [9.17, 15) is 4.79 Å². The van der Waals surface area contributed by atoms with Crippen LogP contribution in [0.5, 0.6) is 0 Å². The molecule has 0 aliphatic rings. The number of rotatable bonds is 9. The fraction of sp³-hybridized carbons (Fsp3) is 0.533. The van der Waals surface area contributed by atoms with Crippen LogP contribution in [0.15, 0.2) is 24.3 Å². The molecule has 0 amide bonds. The van der Waals surface area contributed by atoms with Crippen molar-refractivity contribution in [2.75, 3.05) is 26.9 Å². The summed E-state index contributed by atoms with van der Waals surface area (Å²) in [5, 5.41) is 3.36. The Morgan fingerprint density at radius 1 is 1.26 bits per heavy atom. The van der Waals surface area contributed by atoms with Gasteiger partial charge in [0.2, 0.25) is 0 Å². The Morgan fingerprint density at radius 3 is 2.68 bits per heavy atom. The largest absolute Gasteiger partial charge is 0.469 e. The van der Waals surface area contributed by atoms with Gasteiger partial charge in [0.05, 0.1) is 13.5 Å². The number of methoxy groups -OCH3 is 1. The first-order valence-electron chi connectivity index (χ1n) is 6.70. The van der Waals surface area contributed by atoms with E-state index >= 15 is 0 Å². The highest BCUT2D eigenvalue weighted by atomic mass is 16.5. The monoisotopic (exact) mass is 265 g/mol. The summed E-state index contributed by atoms with van der Waals surface area (Å²) in [6, 6.07) is 7.93. The molecule has 106 valence electrons. The molecule has 4 heteroatoms. The fourth-order valence-corrected chi connectivity index (χ4v) is 1.80. The number of benzene rings is 1. The normalized spacial score (nSPS) is 10.4. The maximum atomic E-state index is 11.3. The van der Waals surface area contributed by atoms with Crippen LogP contribution in [0.2, 0.25) is 0 Å². The molecule has 0 aliphatic heterocycles. The fourth-order valence-electron chi connectivity index (χ4n) is 1.80. The molecule has 1 N–H and O–H groups in total. The van der Waals surface area contributed by atoms with Gasteiger partial charge in [-0.25, -0.2) is 0 Å². The van der Waals surface area contributed by atoms with Crippen LogP contribution >= 0.6 is 0 Å². The lowest BCUT2D eigenvalue weighted by atomic mass is 10.0. The van der Waals surface area contributed by atoms with Gasteiger partial charge in [-0.2, -0.15) is 0 Å². The van der Waals surface area contributed by atoms with Crippen LogP contribution in [0.3, 0.4) is 0 Å². The van der Waals surface area contributed by atoms with Crippen molar-refractivity contribution in [3.63, 3.8) is 0 Å². The molecule has 0 aromatic heterocycles. The molecule has 0 spiro atoms. The molecule has 0 saturated carbocycles. The minimum absolute atomic E-state index is 0.205. The van der Waals surface area contributed by atoms with E-state index in [1.165, 1.54) is 7.11 Å². The van der Waals surface area contributed by atoms with Gasteiger partial charge in [0, 0.05) is 19.8 Å². The third-order valence-corrected chi connectivity index (χ3v) is 2.84. The lowest BCUT2D eigenvalue weighted by molar-refractivity contribution is -0.139. The summed E-state index contributed by atoms with van der Waals surface area (Å²) in [4.78, 5) is 11.3. The smallest absolute Gasteiger partial charge is 0.309 e. The molecule has 4 nitrogen and oxygen atoms in total. The van der Waals surface area contributed by atoms with Gasteiger partial charge in [-0.15, -0.1) is 0 Å². The van der Waals surface area contributed by atoms with Gasteiger partial charge < -0.3 is 14.8 Å². The number of esters is 1. The Balaban J connectivity index is 2.38. The maximum absolute atomic E-state index is 11.3. The second-order valence-corrected chi connectivity index (χ2v) is 4.25. The number of carbonyl (C=O) groups excluding carboxylic acids is 1. The molecular weight excluding hydrogens is 242 g/mol. The van der Waals surface area contributed by atoms with Gasteiger partial charge in [-0.1, -0.05) is 24.3 Å². The van der Waals surface area contributed by atoms with Crippen molar-refractivity contribution in [1.82, 2.24) is 5.32 Å². The zero-order valence-electron chi connectivity index (χ0n) is 11.8. The third kappa shape index (κ3) is 6.36. The van der Waals surface area contributed by atoms with E-state index in [1.54, 1.807) is 0 Å². The first-order chi connectivity index (χ1) is 9.27. The molecule has 19 heavy (non-hydrogen) atoms. The molecule has 0 bridgehead atoms. The summed E-state index contributed by atoms with van der Waals surface area (Å²) < 4.78 is 9.98. The van der Waals surface area contributed by atoms with Crippen LogP contribution in [0, 0.1) is 0 Å². The van der Waals surface area contributed by atoms with Crippen molar-refractivity contribution in [2.45, 2.75) is 26.3 Å². The second-order valence-electron chi connectivity index (χ2n) is 4.25. The van der Waals surface area contributed by atoms with Crippen LogP contribution in [0.4, 0.5) is 0 Å². The Labute approximate surface area is 115 Å². The van der Waals surface area contributed by atoms with Crippen LogP contribution in [-0.2, 0) is 27.2 Å². The van der Waals surface area contributed by atoms with Gasteiger partial charge >= 0.3 is 5.97 Å². The topological polar surface area (TPSA) is 47.6 Å². The summed E-state index contributed by atoms with van der Waals surface area (Å²) in [5.74, 6) is -0.205. The number of hydrogen-bond donors (Lipinski definition) is 1. The van der Waals surface area contributed by atoms with Gasteiger partial charge in [0.25, 0.3) is 0 Å². The lowest BCUT2D eigenvalue weighted by Crippen LogP contribution is -2.18. The van der Waals surface area contributed by atoms with Crippen LogP contribution in [0.1, 0.15) is 24.5 Å². The minimum atomic E-state index is -0.205. The van der Waals surface area contributed by atoms with Gasteiger partial charge in [0.1, 0.15) is 0 Å². The predicted molar refractivity (Wildman–Crippen MR) is 75.0 cm³/mol. The molecule has 0 heterocycles. The van der Waals surface area contributed by atoms with Crippen LogP contribution in [-0.4, -0.2) is 32.8 Å². The molecule has 0 atom stereocenters. The standard InChI is InChI=1S/C15H23NO3/c1-3-19-10-6-9-16-12-14-8-5-4-7-13(14)11-15(17)18-2/h4-5,7-8,16H,3,6,9-12H2,1-2H3. The van der Waals surface area contributed by atoms with Gasteiger partial charge in [-0.05, 0) is 31.0 Å². The van der Waals surface area contributed by atoms with Gasteiger partial charge in [0.15, 0.2) is 0 Å². The molecule has 0 aliphatic carbocycles. The average molecular weight is 265 g/mol. The Morgan fingerprint density at radius 2 is 2.00 bits per heavy atom. The van der Waals surface area contributed by atoms with E-state index in [1.807, 2.05) is 31.2 Å². The highest BCUT2D eigenvalue weighted by Crippen LogP contribution is 2.10. The average Bonchev–Trinajstić information content (AvgIpc) is 2.44. The van der Waals surface area contributed by atoms with Crippen molar-refractivity contribution >= 4 is 5.97 Å². The molecule has 0 unspecified atom stereocenters. The molecule has 0 radical (unpaired) electrons. The Kier molecular flexibility index (Phi) is 7.86. The van der Waals surface area contributed by atoms with E-state index in [0.29, 0.717) is 6.42 Å². The van der Waals surface area contributed by atoms with Crippen LogP contribution in [0.25, 0.3) is 0 Å². The SMILES string of the molecule is CCOCCCNCc1ccccc1CC(=O)OC. The third-order valence-electron chi connectivity index (χ3n) is 2.84. The van der Waals surface area contributed by atoms with E-state index in [4.69, 9.17) is 9.47 Å². The number of nitrogens with one attached hydrogen (secondary N) is 1. The second kappa shape index (κ2) is 9.53. The quantitative estimate of drug-likeness (QED) is 0.547. The van der Waals surface area contributed by atoms with E-state index in [0.717, 1.165) is 43.9 Å². The van der Waals surface area contributed by atoms with Crippen molar-refractivity contribution < 1.29 is 14.3 Å². The summed E-state index contributed by atoms with van der Waals surface area (Å²) in [7, 11) is 1.41. The molecule has 0 fully saturated rings. The maximum Gasteiger partial charge on any atom is 0.309 e. The number of ether oxygens (including phenoxy) is 2. The zero-order valence-corrected chi connectivity index (χ0v) is 11.8. The summed E-state index contributed by atoms with van der Waals surface area (Å²) >= 11 is 0. The van der Waals surface area contributed by atoms with E-state index in [-0.39, 0.29) is 5.97 Å². The van der Waals surface area contributed by atoms with Gasteiger partial charge in [-0.3, -0.25) is 4.79 Å². The lowest BCUT2D eigenvalue weighted by Gasteiger charge is -2.10. The summed E-state index contributed by atoms with van der Waals surface area (Å²) in [5.41, 5.74) is 2.16. The minimum Gasteiger partial charge on any atom is -0.469 e. The predicted octanol–water partition coefficient (Wildman–Crippen LogP) is 1.92. The molecule has 1 rings (SSSR count). The molecule has 1 aromatic rings. The Bertz CT molecular complexity index is 379.